The normalized spacial score (nSPS) is 19.3. The van der Waals surface area contributed by atoms with E-state index >= 15 is 0 Å². The van der Waals surface area contributed by atoms with Crippen molar-refractivity contribution in [2.75, 3.05) is 13.1 Å². The maximum absolute atomic E-state index is 5.88. The van der Waals surface area contributed by atoms with Crippen molar-refractivity contribution < 1.29 is 0 Å². The van der Waals surface area contributed by atoms with Gasteiger partial charge in [0.25, 0.3) is 0 Å². The molecule has 0 amide bonds. The molecule has 1 saturated heterocycles. The van der Waals surface area contributed by atoms with E-state index in [1.165, 1.54) is 11.1 Å². The number of pyridine rings is 1. The maximum atomic E-state index is 5.88. The Balaban J connectivity index is 1.95. The molecule has 2 N–H and O–H groups in total. The fraction of sp³-hybridized carbons (Fsp3) is 0.583. The van der Waals surface area contributed by atoms with Gasteiger partial charge in [-0.25, -0.2) is 0 Å². The summed E-state index contributed by atoms with van der Waals surface area (Å²) in [6.07, 6.45) is 6.07. The minimum Gasteiger partial charge on any atom is -0.328 e. The fourth-order valence-electron chi connectivity index (χ4n) is 2.03. The van der Waals surface area contributed by atoms with Crippen LogP contribution in [0, 0.1) is 6.92 Å². The second kappa shape index (κ2) is 4.73. The predicted molar refractivity (Wildman–Crippen MR) is 61.5 cm³/mol. The number of rotatable bonds is 2. The largest absolute Gasteiger partial charge is 0.328 e. The van der Waals surface area contributed by atoms with Crippen molar-refractivity contribution in [1.82, 2.24) is 9.88 Å². The minimum atomic E-state index is 0.416. The molecule has 0 aliphatic carbocycles. The molecule has 1 aromatic heterocycles. The van der Waals surface area contributed by atoms with Crippen molar-refractivity contribution in [3.63, 3.8) is 0 Å². The summed E-state index contributed by atoms with van der Waals surface area (Å²) >= 11 is 0. The first kappa shape index (κ1) is 10.6. The summed E-state index contributed by atoms with van der Waals surface area (Å²) in [5, 5.41) is 0. The van der Waals surface area contributed by atoms with Gasteiger partial charge in [-0.2, -0.15) is 0 Å². The second-order valence-corrected chi connectivity index (χ2v) is 4.42. The monoisotopic (exact) mass is 205 g/mol. The zero-order valence-corrected chi connectivity index (χ0v) is 9.32. The number of piperidine rings is 1. The van der Waals surface area contributed by atoms with Gasteiger partial charge in [0.1, 0.15) is 0 Å². The topological polar surface area (TPSA) is 42.2 Å². The van der Waals surface area contributed by atoms with Gasteiger partial charge in [-0.1, -0.05) is 0 Å². The molecule has 0 spiro atoms. The van der Waals surface area contributed by atoms with Gasteiger partial charge >= 0.3 is 0 Å². The number of likely N-dealkylation sites (tertiary alicyclic amines) is 1. The van der Waals surface area contributed by atoms with Gasteiger partial charge in [-0.3, -0.25) is 9.88 Å². The first-order chi connectivity index (χ1) is 7.25. The molecule has 0 bridgehead atoms. The Hall–Kier alpha value is -0.930. The molecule has 0 radical (unpaired) electrons. The van der Waals surface area contributed by atoms with Gasteiger partial charge in [0.15, 0.2) is 0 Å². The van der Waals surface area contributed by atoms with Crippen molar-refractivity contribution in [1.29, 1.82) is 0 Å². The third kappa shape index (κ3) is 2.76. The molecule has 0 aromatic carbocycles. The number of nitrogens with zero attached hydrogens (tertiary/aromatic N) is 2. The molecule has 1 aliphatic heterocycles. The lowest BCUT2D eigenvalue weighted by Gasteiger charge is -2.30. The Bertz CT molecular complexity index is 316. The van der Waals surface area contributed by atoms with Crippen molar-refractivity contribution in [3.8, 4) is 0 Å². The van der Waals surface area contributed by atoms with E-state index in [0.29, 0.717) is 6.04 Å². The lowest BCUT2D eigenvalue weighted by molar-refractivity contribution is 0.205. The number of nitrogens with two attached hydrogens (primary N) is 1. The first-order valence-electron chi connectivity index (χ1n) is 5.63. The van der Waals surface area contributed by atoms with Crippen molar-refractivity contribution in [2.45, 2.75) is 32.4 Å². The second-order valence-electron chi connectivity index (χ2n) is 4.42. The number of aromatic nitrogens is 1. The van der Waals surface area contributed by atoms with Crippen LogP contribution < -0.4 is 5.73 Å². The van der Waals surface area contributed by atoms with Crippen LogP contribution in [0.25, 0.3) is 0 Å². The Morgan fingerprint density at radius 3 is 2.87 bits per heavy atom. The minimum absolute atomic E-state index is 0.416. The molecule has 3 nitrogen and oxygen atoms in total. The van der Waals surface area contributed by atoms with Gasteiger partial charge in [0.2, 0.25) is 0 Å². The summed E-state index contributed by atoms with van der Waals surface area (Å²) in [5.41, 5.74) is 8.56. The van der Waals surface area contributed by atoms with Crippen LogP contribution in [0.3, 0.4) is 0 Å². The molecule has 1 fully saturated rings. The van der Waals surface area contributed by atoms with Crippen molar-refractivity contribution in [2.24, 2.45) is 5.73 Å². The summed E-state index contributed by atoms with van der Waals surface area (Å²) in [6.45, 7) is 5.42. The van der Waals surface area contributed by atoms with Crippen LogP contribution in [0.4, 0.5) is 0 Å². The van der Waals surface area contributed by atoms with Crippen LogP contribution in [0.1, 0.15) is 24.0 Å². The molecule has 1 aromatic rings. The average molecular weight is 205 g/mol. The van der Waals surface area contributed by atoms with Crippen LogP contribution >= 0.6 is 0 Å². The van der Waals surface area contributed by atoms with Gasteiger partial charge in [0.05, 0.1) is 0 Å². The smallest absolute Gasteiger partial charge is 0.0300 e. The van der Waals surface area contributed by atoms with Crippen LogP contribution in [-0.4, -0.2) is 29.0 Å². The van der Waals surface area contributed by atoms with E-state index in [-0.39, 0.29) is 0 Å². The predicted octanol–water partition coefficient (Wildman–Crippen LogP) is 1.31. The first-order valence-corrected chi connectivity index (χ1v) is 5.63. The lowest BCUT2D eigenvalue weighted by atomic mass is 10.0. The maximum Gasteiger partial charge on any atom is 0.0300 e. The molecule has 82 valence electrons. The van der Waals surface area contributed by atoms with E-state index in [2.05, 4.69) is 22.9 Å². The van der Waals surface area contributed by atoms with E-state index < -0.39 is 0 Å². The Labute approximate surface area is 91.3 Å². The van der Waals surface area contributed by atoms with E-state index in [4.69, 9.17) is 5.73 Å². The highest BCUT2D eigenvalue weighted by Gasteiger charge is 2.16. The standard InChI is InChI=1S/C12H19N3/c1-10-8-14-5-2-11(10)9-15-6-3-12(13)4-7-15/h2,5,8,12H,3-4,6-7,9,13H2,1H3. The molecular formula is C12H19N3. The summed E-state index contributed by atoms with van der Waals surface area (Å²) in [6, 6.07) is 2.53. The highest BCUT2D eigenvalue weighted by atomic mass is 15.1. The molecular weight excluding hydrogens is 186 g/mol. The number of hydrogen-bond donors (Lipinski definition) is 1. The van der Waals surface area contributed by atoms with Crippen LogP contribution in [-0.2, 0) is 6.54 Å². The molecule has 1 aliphatic rings. The highest BCUT2D eigenvalue weighted by molar-refractivity contribution is 5.21. The fourth-order valence-corrected chi connectivity index (χ4v) is 2.03. The quantitative estimate of drug-likeness (QED) is 0.791. The van der Waals surface area contributed by atoms with Crippen molar-refractivity contribution >= 4 is 0 Å². The van der Waals surface area contributed by atoms with Gasteiger partial charge in [-0.05, 0) is 50.0 Å². The Morgan fingerprint density at radius 1 is 1.47 bits per heavy atom. The van der Waals surface area contributed by atoms with E-state index in [1.54, 1.807) is 0 Å². The third-order valence-electron chi connectivity index (χ3n) is 3.16. The highest BCUT2D eigenvalue weighted by Crippen LogP contribution is 2.14. The zero-order chi connectivity index (χ0) is 10.7. The van der Waals surface area contributed by atoms with Gasteiger partial charge < -0.3 is 5.73 Å². The summed E-state index contributed by atoms with van der Waals surface area (Å²) in [7, 11) is 0. The van der Waals surface area contributed by atoms with Crippen LogP contribution in [0.5, 0.6) is 0 Å². The third-order valence-corrected chi connectivity index (χ3v) is 3.16. The summed E-state index contributed by atoms with van der Waals surface area (Å²) in [4.78, 5) is 6.59. The van der Waals surface area contributed by atoms with Gasteiger partial charge in [-0.15, -0.1) is 0 Å². The Morgan fingerprint density at radius 2 is 2.20 bits per heavy atom. The molecule has 3 heteroatoms. The lowest BCUT2D eigenvalue weighted by Crippen LogP contribution is -2.39. The average Bonchev–Trinajstić information content (AvgIpc) is 2.25. The molecule has 0 unspecified atom stereocenters. The number of aryl methyl sites for hydroxylation is 1. The Kier molecular flexibility index (Phi) is 3.34. The summed E-state index contributed by atoms with van der Waals surface area (Å²) in [5.74, 6) is 0. The van der Waals surface area contributed by atoms with E-state index in [9.17, 15) is 0 Å². The number of hydrogen-bond acceptors (Lipinski definition) is 3. The van der Waals surface area contributed by atoms with E-state index in [0.717, 1.165) is 32.5 Å². The van der Waals surface area contributed by atoms with Crippen molar-refractivity contribution in [3.05, 3.63) is 29.6 Å². The molecule has 2 rings (SSSR count). The zero-order valence-electron chi connectivity index (χ0n) is 9.32. The SMILES string of the molecule is Cc1cnccc1CN1CCC(N)CC1. The molecule has 0 atom stereocenters. The molecule has 15 heavy (non-hydrogen) atoms. The molecule has 2 heterocycles. The van der Waals surface area contributed by atoms with Gasteiger partial charge in [0, 0.05) is 25.0 Å². The van der Waals surface area contributed by atoms with Crippen LogP contribution in [0.2, 0.25) is 0 Å². The van der Waals surface area contributed by atoms with E-state index in [1.807, 2.05) is 12.4 Å². The molecule has 0 saturated carbocycles. The summed E-state index contributed by atoms with van der Waals surface area (Å²) < 4.78 is 0. The van der Waals surface area contributed by atoms with Crippen LogP contribution in [0.15, 0.2) is 18.5 Å².